The molecule has 0 aliphatic rings. The van der Waals surface area contributed by atoms with Crippen LogP contribution in [0.5, 0.6) is 5.75 Å². The summed E-state index contributed by atoms with van der Waals surface area (Å²) in [5, 5.41) is 9.02. The Morgan fingerprint density at radius 1 is 1.33 bits per heavy atom. The van der Waals surface area contributed by atoms with Crippen LogP contribution in [0.3, 0.4) is 0 Å². The van der Waals surface area contributed by atoms with Crippen molar-refractivity contribution < 1.29 is 9.53 Å². The maximum Gasteiger partial charge on any atom is 0.263 e. The number of hydrogen-bond donors (Lipinski definition) is 2. The second-order valence-electron chi connectivity index (χ2n) is 4.05. The number of anilines is 1. The molecule has 0 saturated heterocycles. The van der Waals surface area contributed by atoms with E-state index in [9.17, 15) is 4.79 Å². The molecule has 1 aromatic carbocycles. The Hall–Kier alpha value is -2.30. The second-order valence-corrected chi connectivity index (χ2v) is 4.05. The van der Waals surface area contributed by atoms with Crippen LogP contribution in [0.25, 0.3) is 0 Å². The van der Waals surface area contributed by atoms with Gasteiger partial charge in [0.05, 0.1) is 6.20 Å². The molecule has 0 atom stereocenters. The molecular formula is C13H15N3O2. The SMILES string of the molecule is Cc1ccc(OCC(=O)Nc2ccn[nH]2)cc1C. The van der Waals surface area contributed by atoms with E-state index in [4.69, 9.17) is 4.74 Å². The Bertz CT molecular complexity index is 535. The molecule has 1 aromatic heterocycles. The van der Waals surface area contributed by atoms with Gasteiger partial charge in [0.15, 0.2) is 6.61 Å². The topological polar surface area (TPSA) is 67.0 Å². The van der Waals surface area contributed by atoms with Gasteiger partial charge in [-0.15, -0.1) is 0 Å². The highest BCUT2D eigenvalue weighted by atomic mass is 16.5. The van der Waals surface area contributed by atoms with Crippen LogP contribution in [0.1, 0.15) is 11.1 Å². The van der Waals surface area contributed by atoms with E-state index in [0.29, 0.717) is 11.6 Å². The third-order valence-electron chi connectivity index (χ3n) is 2.62. The molecule has 2 aromatic rings. The van der Waals surface area contributed by atoms with Gasteiger partial charge >= 0.3 is 0 Å². The average Bonchev–Trinajstić information content (AvgIpc) is 2.83. The third-order valence-corrected chi connectivity index (χ3v) is 2.62. The van der Waals surface area contributed by atoms with Crippen molar-refractivity contribution >= 4 is 11.7 Å². The molecular weight excluding hydrogens is 230 g/mol. The molecule has 5 heteroatoms. The van der Waals surface area contributed by atoms with Crippen molar-refractivity contribution in [1.29, 1.82) is 0 Å². The number of aromatic amines is 1. The van der Waals surface area contributed by atoms with Gasteiger partial charge in [0.25, 0.3) is 5.91 Å². The van der Waals surface area contributed by atoms with E-state index in [1.807, 2.05) is 32.0 Å². The number of nitrogens with zero attached hydrogens (tertiary/aromatic N) is 1. The standard InChI is InChI=1S/C13H15N3O2/c1-9-3-4-11(7-10(9)2)18-8-13(17)15-12-5-6-14-16-12/h3-7H,8H2,1-2H3,(H2,14,15,16,17). The number of carbonyl (C=O) groups excluding carboxylic acids is 1. The molecule has 0 spiro atoms. The Labute approximate surface area is 105 Å². The van der Waals surface area contributed by atoms with Gasteiger partial charge in [0.1, 0.15) is 11.6 Å². The van der Waals surface area contributed by atoms with E-state index in [2.05, 4.69) is 15.5 Å². The summed E-state index contributed by atoms with van der Waals surface area (Å²) in [4.78, 5) is 11.6. The van der Waals surface area contributed by atoms with E-state index in [1.165, 1.54) is 5.56 Å². The number of rotatable bonds is 4. The zero-order valence-corrected chi connectivity index (χ0v) is 10.4. The number of ether oxygens (including phenoxy) is 1. The second kappa shape index (κ2) is 5.35. The Kier molecular flexibility index (Phi) is 3.62. The maximum absolute atomic E-state index is 11.6. The van der Waals surface area contributed by atoms with Crippen LogP contribution in [0, 0.1) is 13.8 Å². The molecule has 0 aliphatic heterocycles. The van der Waals surface area contributed by atoms with Crippen LogP contribution in [0.15, 0.2) is 30.5 Å². The normalized spacial score (nSPS) is 10.1. The van der Waals surface area contributed by atoms with Crippen LogP contribution in [-0.2, 0) is 4.79 Å². The monoisotopic (exact) mass is 245 g/mol. The number of aromatic nitrogens is 2. The zero-order chi connectivity index (χ0) is 13.0. The molecule has 0 saturated carbocycles. The van der Waals surface area contributed by atoms with Crippen molar-refractivity contribution in [3.8, 4) is 5.75 Å². The van der Waals surface area contributed by atoms with Crippen molar-refractivity contribution in [3.05, 3.63) is 41.6 Å². The molecule has 5 nitrogen and oxygen atoms in total. The van der Waals surface area contributed by atoms with Gasteiger partial charge in [-0.2, -0.15) is 5.10 Å². The smallest absolute Gasteiger partial charge is 0.263 e. The van der Waals surface area contributed by atoms with E-state index in [0.717, 1.165) is 5.56 Å². The van der Waals surface area contributed by atoms with E-state index < -0.39 is 0 Å². The van der Waals surface area contributed by atoms with Gasteiger partial charge in [-0.25, -0.2) is 0 Å². The summed E-state index contributed by atoms with van der Waals surface area (Å²) in [6, 6.07) is 7.41. The Balaban J connectivity index is 1.87. The molecule has 0 radical (unpaired) electrons. The number of amides is 1. The zero-order valence-electron chi connectivity index (χ0n) is 10.4. The first-order valence-corrected chi connectivity index (χ1v) is 5.64. The van der Waals surface area contributed by atoms with Crippen molar-refractivity contribution in [3.63, 3.8) is 0 Å². The summed E-state index contributed by atoms with van der Waals surface area (Å²) >= 11 is 0. The third kappa shape index (κ3) is 3.10. The first-order chi connectivity index (χ1) is 8.65. The highest BCUT2D eigenvalue weighted by molar-refractivity contribution is 5.90. The first kappa shape index (κ1) is 12.2. The van der Waals surface area contributed by atoms with Gasteiger partial charge in [-0.1, -0.05) is 6.07 Å². The summed E-state index contributed by atoms with van der Waals surface area (Å²) in [5.41, 5.74) is 2.34. The fraction of sp³-hybridized carbons (Fsp3) is 0.231. The number of H-pyrrole nitrogens is 1. The number of carbonyl (C=O) groups is 1. The van der Waals surface area contributed by atoms with Gasteiger partial charge in [0.2, 0.25) is 0 Å². The minimum atomic E-state index is -0.225. The maximum atomic E-state index is 11.6. The molecule has 0 bridgehead atoms. The van der Waals surface area contributed by atoms with Crippen molar-refractivity contribution in [2.45, 2.75) is 13.8 Å². The minimum Gasteiger partial charge on any atom is -0.484 e. The fourth-order valence-corrected chi connectivity index (χ4v) is 1.46. The molecule has 18 heavy (non-hydrogen) atoms. The van der Waals surface area contributed by atoms with E-state index >= 15 is 0 Å². The molecule has 2 N–H and O–H groups in total. The molecule has 2 rings (SSSR count). The molecule has 0 aliphatic carbocycles. The van der Waals surface area contributed by atoms with Crippen LogP contribution < -0.4 is 10.1 Å². The summed E-state index contributed by atoms with van der Waals surface area (Å²) in [6.07, 6.45) is 1.57. The Morgan fingerprint density at radius 3 is 2.83 bits per heavy atom. The quantitative estimate of drug-likeness (QED) is 0.866. The van der Waals surface area contributed by atoms with Gasteiger partial charge in [0, 0.05) is 6.07 Å². The van der Waals surface area contributed by atoms with E-state index in [1.54, 1.807) is 12.3 Å². The summed E-state index contributed by atoms with van der Waals surface area (Å²) in [6.45, 7) is 4.01. The molecule has 0 unspecified atom stereocenters. The molecule has 1 heterocycles. The van der Waals surface area contributed by atoms with Crippen LogP contribution in [0.4, 0.5) is 5.82 Å². The summed E-state index contributed by atoms with van der Waals surface area (Å²) in [5.74, 6) is 1.03. The molecule has 94 valence electrons. The number of nitrogens with one attached hydrogen (secondary N) is 2. The van der Waals surface area contributed by atoms with Crippen LogP contribution >= 0.6 is 0 Å². The fourth-order valence-electron chi connectivity index (χ4n) is 1.46. The lowest BCUT2D eigenvalue weighted by molar-refractivity contribution is -0.118. The first-order valence-electron chi connectivity index (χ1n) is 5.64. The van der Waals surface area contributed by atoms with Gasteiger partial charge in [-0.05, 0) is 37.1 Å². The highest BCUT2D eigenvalue weighted by Crippen LogP contribution is 2.16. The van der Waals surface area contributed by atoms with Crippen molar-refractivity contribution in [2.24, 2.45) is 0 Å². The average molecular weight is 245 g/mol. The van der Waals surface area contributed by atoms with E-state index in [-0.39, 0.29) is 12.5 Å². The predicted octanol–water partition coefficient (Wildman–Crippen LogP) is 2.04. The lowest BCUT2D eigenvalue weighted by atomic mass is 10.1. The minimum absolute atomic E-state index is 0.0263. The summed E-state index contributed by atoms with van der Waals surface area (Å²) < 4.78 is 5.41. The largest absolute Gasteiger partial charge is 0.484 e. The number of aryl methyl sites for hydroxylation is 2. The van der Waals surface area contributed by atoms with Gasteiger partial charge in [-0.3, -0.25) is 9.89 Å². The summed E-state index contributed by atoms with van der Waals surface area (Å²) in [7, 11) is 0. The van der Waals surface area contributed by atoms with Crippen LogP contribution in [0.2, 0.25) is 0 Å². The Morgan fingerprint density at radius 2 is 2.17 bits per heavy atom. The molecule has 1 amide bonds. The lowest BCUT2D eigenvalue weighted by Crippen LogP contribution is -2.20. The number of benzene rings is 1. The highest BCUT2D eigenvalue weighted by Gasteiger charge is 2.04. The van der Waals surface area contributed by atoms with Gasteiger partial charge < -0.3 is 10.1 Å². The van der Waals surface area contributed by atoms with Crippen LogP contribution in [-0.4, -0.2) is 22.7 Å². The predicted molar refractivity (Wildman–Crippen MR) is 68.6 cm³/mol. The van der Waals surface area contributed by atoms with Crippen molar-refractivity contribution in [1.82, 2.24) is 10.2 Å². The number of hydrogen-bond acceptors (Lipinski definition) is 3. The molecule has 0 fully saturated rings. The lowest BCUT2D eigenvalue weighted by Gasteiger charge is -2.08. The van der Waals surface area contributed by atoms with Crippen molar-refractivity contribution in [2.75, 3.05) is 11.9 Å².